The number of guanidine groups is 1. The van der Waals surface area contributed by atoms with Crippen molar-refractivity contribution in [2.24, 2.45) is 10.4 Å². The van der Waals surface area contributed by atoms with Crippen LogP contribution >= 0.6 is 24.0 Å². The van der Waals surface area contributed by atoms with E-state index in [4.69, 9.17) is 0 Å². The average Bonchev–Trinajstić information content (AvgIpc) is 2.57. The Morgan fingerprint density at radius 3 is 2.35 bits per heavy atom. The van der Waals surface area contributed by atoms with Gasteiger partial charge in [-0.25, -0.2) is 0 Å². The van der Waals surface area contributed by atoms with Gasteiger partial charge in [-0.3, -0.25) is 9.79 Å². The van der Waals surface area contributed by atoms with E-state index in [1.807, 2.05) is 20.8 Å². The predicted octanol–water partition coefficient (Wildman–Crippen LogP) is 1.83. The van der Waals surface area contributed by atoms with E-state index in [1.54, 1.807) is 7.05 Å². The summed E-state index contributed by atoms with van der Waals surface area (Å²) in [6, 6.07) is 0. The lowest BCUT2D eigenvalue weighted by Gasteiger charge is -2.25. The molecule has 0 radical (unpaired) electrons. The Labute approximate surface area is 140 Å². The smallest absolute Gasteiger partial charge is 0.239 e. The second-order valence-corrected chi connectivity index (χ2v) is 7.03. The van der Waals surface area contributed by atoms with Crippen LogP contribution in [0.25, 0.3) is 0 Å². The summed E-state index contributed by atoms with van der Waals surface area (Å²) < 4.78 is 0. The van der Waals surface area contributed by atoms with Crippen molar-refractivity contribution in [2.45, 2.75) is 46.6 Å². The minimum atomic E-state index is -0.197. The molecule has 1 heterocycles. The van der Waals surface area contributed by atoms with Crippen LogP contribution in [0.5, 0.6) is 0 Å². The first-order valence-electron chi connectivity index (χ1n) is 6.90. The monoisotopic (exact) mass is 396 g/mol. The second kappa shape index (κ2) is 7.47. The van der Waals surface area contributed by atoms with E-state index in [-0.39, 0.29) is 42.0 Å². The summed E-state index contributed by atoms with van der Waals surface area (Å²) in [5.74, 6) is 0.807. The van der Waals surface area contributed by atoms with Crippen molar-refractivity contribution < 1.29 is 4.79 Å². The molecule has 1 aliphatic heterocycles. The summed E-state index contributed by atoms with van der Waals surface area (Å²) in [6.07, 6.45) is 1.15. The van der Waals surface area contributed by atoms with Crippen molar-refractivity contribution in [3.05, 3.63) is 0 Å². The lowest BCUT2D eigenvalue weighted by atomic mass is 9.93. The highest BCUT2D eigenvalue weighted by atomic mass is 127. The SMILES string of the molecule is CN=C(NCC(=O)NC(C)(C)C)N1CCC(C)(C)C1.I. The van der Waals surface area contributed by atoms with E-state index < -0.39 is 0 Å². The summed E-state index contributed by atoms with van der Waals surface area (Å²) in [5, 5.41) is 6.07. The Kier molecular flexibility index (Phi) is 7.27. The molecule has 20 heavy (non-hydrogen) atoms. The highest BCUT2D eigenvalue weighted by Gasteiger charge is 2.31. The van der Waals surface area contributed by atoms with Gasteiger partial charge in [0.05, 0.1) is 6.54 Å². The largest absolute Gasteiger partial charge is 0.350 e. The number of hydrogen-bond donors (Lipinski definition) is 2. The number of nitrogens with one attached hydrogen (secondary N) is 2. The molecular weight excluding hydrogens is 367 g/mol. The molecule has 0 aromatic carbocycles. The molecule has 1 aliphatic rings. The van der Waals surface area contributed by atoms with E-state index in [9.17, 15) is 4.79 Å². The van der Waals surface area contributed by atoms with Gasteiger partial charge in [-0.1, -0.05) is 13.8 Å². The van der Waals surface area contributed by atoms with Gasteiger partial charge in [-0.05, 0) is 32.6 Å². The highest BCUT2D eigenvalue weighted by molar-refractivity contribution is 14.0. The van der Waals surface area contributed by atoms with Gasteiger partial charge in [-0.15, -0.1) is 24.0 Å². The third kappa shape index (κ3) is 6.76. The number of hydrogen-bond acceptors (Lipinski definition) is 2. The molecular formula is C14H29IN4O. The molecule has 1 rings (SSSR count). The molecule has 0 saturated carbocycles. The van der Waals surface area contributed by atoms with Crippen LogP contribution in [0.3, 0.4) is 0 Å². The van der Waals surface area contributed by atoms with E-state index in [0.717, 1.165) is 25.5 Å². The fourth-order valence-electron chi connectivity index (χ4n) is 2.25. The number of rotatable bonds is 2. The van der Waals surface area contributed by atoms with Crippen molar-refractivity contribution >= 4 is 35.8 Å². The van der Waals surface area contributed by atoms with E-state index in [0.29, 0.717) is 5.41 Å². The normalized spacial score (nSPS) is 18.5. The fourth-order valence-corrected chi connectivity index (χ4v) is 2.25. The lowest BCUT2D eigenvalue weighted by molar-refractivity contribution is -0.121. The standard InChI is InChI=1S/C14H28N4O.HI/c1-13(2,3)17-11(19)9-16-12(15-6)18-8-7-14(4,5)10-18;/h7-10H2,1-6H3,(H,15,16)(H,17,19);1H. The summed E-state index contributed by atoms with van der Waals surface area (Å²) in [5.41, 5.74) is 0.128. The summed E-state index contributed by atoms with van der Waals surface area (Å²) in [7, 11) is 1.76. The van der Waals surface area contributed by atoms with E-state index in [2.05, 4.69) is 34.4 Å². The molecule has 0 aliphatic carbocycles. The van der Waals surface area contributed by atoms with Crippen molar-refractivity contribution in [1.82, 2.24) is 15.5 Å². The Bertz CT molecular complexity index is 361. The maximum Gasteiger partial charge on any atom is 0.239 e. The molecule has 0 bridgehead atoms. The number of amides is 1. The minimum absolute atomic E-state index is 0. The summed E-state index contributed by atoms with van der Waals surface area (Å²) >= 11 is 0. The van der Waals surface area contributed by atoms with E-state index in [1.165, 1.54) is 0 Å². The molecule has 2 N–H and O–H groups in total. The molecule has 0 aromatic rings. The Balaban J connectivity index is 0.00000361. The zero-order valence-corrected chi connectivity index (χ0v) is 15.9. The maximum atomic E-state index is 11.8. The van der Waals surface area contributed by atoms with Crippen molar-refractivity contribution in [3.8, 4) is 0 Å². The molecule has 1 fully saturated rings. The van der Waals surface area contributed by atoms with Crippen LogP contribution < -0.4 is 10.6 Å². The highest BCUT2D eigenvalue weighted by Crippen LogP contribution is 2.28. The number of nitrogens with zero attached hydrogens (tertiary/aromatic N) is 2. The molecule has 0 spiro atoms. The molecule has 5 nitrogen and oxygen atoms in total. The van der Waals surface area contributed by atoms with E-state index >= 15 is 0 Å². The summed E-state index contributed by atoms with van der Waals surface area (Å²) in [6.45, 7) is 12.7. The van der Waals surface area contributed by atoms with Gasteiger partial charge < -0.3 is 15.5 Å². The third-order valence-corrected chi connectivity index (χ3v) is 3.11. The lowest BCUT2D eigenvalue weighted by Crippen LogP contribution is -2.48. The number of carbonyl (C=O) groups excluding carboxylic acids is 1. The summed E-state index contributed by atoms with van der Waals surface area (Å²) in [4.78, 5) is 18.2. The van der Waals surface area contributed by atoms with Gasteiger partial charge in [0, 0.05) is 25.7 Å². The van der Waals surface area contributed by atoms with Gasteiger partial charge in [0.15, 0.2) is 5.96 Å². The Hall–Kier alpha value is -0.530. The first-order chi connectivity index (χ1) is 8.63. The molecule has 1 amide bonds. The zero-order valence-electron chi connectivity index (χ0n) is 13.5. The molecule has 6 heteroatoms. The van der Waals surface area contributed by atoms with Gasteiger partial charge >= 0.3 is 0 Å². The minimum Gasteiger partial charge on any atom is -0.350 e. The first-order valence-corrected chi connectivity index (χ1v) is 6.90. The average molecular weight is 396 g/mol. The number of halogens is 1. The van der Waals surface area contributed by atoms with Crippen molar-refractivity contribution in [2.75, 3.05) is 26.7 Å². The quantitative estimate of drug-likeness (QED) is 0.426. The van der Waals surface area contributed by atoms with Crippen LogP contribution in [-0.2, 0) is 4.79 Å². The van der Waals surface area contributed by atoms with Crippen molar-refractivity contribution in [1.29, 1.82) is 0 Å². The van der Waals surface area contributed by atoms with Crippen LogP contribution in [0.4, 0.5) is 0 Å². The molecule has 118 valence electrons. The molecule has 0 atom stereocenters. The molecule has 0 unspecified atom stereocenters. The predicted molar refractivity (Wildman–Crippen MR) is 94.6 cm³/mol. The topological polar surface area (TPSA) is 56.7 Å². The fraction of sp³-hybridized carbons (Fsp3) is 0.857. The molecule has 1 saturated heterocycles. The van der Waals surface area contributed by atoms with Crippen LogP contribution in [0.2, 0.25) is 0 Å². The van der Waals surface area contributed by atoms with Crippen molar-refractivity contribution in [3.63, 3.8) is 0 Å². The Morgan fingerprint density at radius 2 is 1.95 bits per heavy atom. The molecule has 0 aromatic heterocycles. The van der Waals surface area contributed by atoms with Crippen LogP contribution in [0.1, 0.15) is 41.0 Å². The van der Waals surface area contributed by atoms with Crippen LogP contribution in [0, 0.1) is 5.41 Å². The first kappa shape index (κ1) is 19.5. The Morgan fingerprint density at radius 1 is 1.35 bits per heavy atom. The van der Waals surface area contributed by atoms with Crippen LogP contribution in [0.15, 0.2) is 4.99 Å². The number of aliphatic imine (C=N–C) groups is 1. The van der Waals surface area contributed by atoms with Gasteiger partial charge in [0.2, 0.25) is 5.91 Å². The zero-order chi connectivity index (χ0) is 14.7. The second-order valence-electron chi connectivity index (χ2n) is 7.03. The van der Waals surface area contributed by atoms with Gasteiger partial charge in [0.1, 0.15) is 0 Å². The number of likely N-dealkylation sites (tertiary alicyclic amines) is 1. The van der Waals surface area contributed by atoms with Crippen LogP contribution in [-0.4, -0.2) is 49.0 Å². The van der Waals surface area contributed by atoms with Gasteiger partial charge in [0.25, 0.3) is 0 Å². The van der Waals surface area contributed by atoms with Gasteiger partial charge in [-0.2, -0.15) is 0 Å². The third-order valence-electron chi connectivity index (χ3n) is 3.11. The maximum absolute atomic E-state index is 11.8. The number of carbonyl (C=O) groups is 1.